The lowest BCUT2D eigenvalue weighted by atomic mass is 10.2. The van der Waals surface area contributed by atoms with E-state index in [0.717, 1.165) is 28.0 Å². The molecule has 0 bridgehead atoms. The van der Waals surface area contributed by atoms with Gasteiger partial charge in [-0.15, -0.1) is 0 Å². The molecule has 0 amide bonds. The quantitative estimate of drug-likeness (QED) is 0.445. The average molecular weight is 249 g/mol. The standard InChI is InChI=1S/C10H21NO2P2/c1-9(5-6-11-15-14)8-13-10-4-2-3-7-12-10/h5,10-11,15H,2-4,6-8,14H2,1H3. The molecule has 1 aliphatic heterocycles. The summed E-state index contributed by atoms with van der Waals surface area (Å²) in [6.45, 7) is 4.55. The highest BCUT2D eigenvalue weighted by molar-refractivity contribution is 8.01. The molecule has 0 spiro atoms. The van der Waals surface area contributed by atoms with E-state index in [9.17, 15) is 0 Å². The van der Waals surface area contributed by atoms with Gasteiger partial charge in [0.2, 0.25) is 0 Å². The lowest BCUT2D eigenvalue weighted by molar-refractivity contribution is -0.156. The summed E-state index contributed by atoms with van der Waals surface area (Å²) in [5.41, 5.74) is 1.26. The lowest BCUT2D eigenvalue weighted by Gasteiger charge is -2.22. The normalized spacial score (nSPS) is 23.9. The van der Waals surface area contributed by atoms with Crippen molar-refractivity contribution in [1.29, 1.82) is 0 Å². The van der Waals surface area contributed by atoms with Gasteiger partial charge in [0.15, 0.2) is 6.29 Å². The smallest absolute Gasteiger partial charge is 0.158 e. The van der Waals surface area contributed by atoms with E-state index in [4.69, 9.17) is 9.47 Å². The van der Waals surface area contributed by atoms with Crippen LogP contribution in [0.1, 0.15) is 26.2 Å². The van der Waals surface area contributed by atoms with Gasteiger partial charge in [-0.25, -0.2) is 0 Å². The fourth-order valence-corrected chi connectivity index (χ4v) is 1.98. The van der Waals surface area contributed by atoms with E-state index in [-0.39, 0.29) is 6.29 Å². The molecule has 3 atom stereocenters. The minimum atomic E-state index is 0.0265. The number of nitrogens with one attached hydrogen (secondary N) is 1. The molecule has 3 unspecified atom stereocenters. The summed E-state index contributed by atoms with van der Waals surface area (Å²) in [5, 5.41) is 3.24. The fourth-order valence-electron chi connectivity index (χ4n) is 1.41. The van der Waals surface area contributed by atoms with Crippen molar-refractivity contribution in [3.05, 3.63) is 11.6 Å². The first-order valence-corrected chi connectivity index (χ1v) is 8.21. The van der Waals surface area contributed by atoms with Crippen LogP contribution in [0.5, 0.6) is 0 Å². The summed E-state index contributed by atoms with van der Waals surface area (Å²) in [7, 11) is 3.39. The van der Waals surface area contributed by atoms with Crippen molar-refractivity contribution < 1.29 is 9.47 Å². The number of hydrogen-bond acceptors (Lipinski definition) is 3. The molecule has 1 rings (SSSR count). The van der Waals surface area contributed by atoms with Crippen molar-refractivity contribution in [1.82, 2.24) is 5.09 Å². The predicted octanol–water partition coefficient (Wildman–Crippen LogP) is 2.45. The molecule has 0 aromatic carbocycles. The molecule has 3 nitrogen and oxygen atoms in total. The summed E-state index contributed by atoms with van der Waals surface area (Å²) >= 11 is 0. The molecule has 1 fully saturated rings. The zero-order valence-corrected chi connectivity index (χ0v) is 11.4. The molecule has 0 saturated carbocycles. The molecule has 0 aromatic rings. The minimum Gasteiger partial charge on any atom is -0.353 e. The summed E-state index contributed by atoms with van der Waals surface area (Å²) in [5.74, 6) is 0. The van der Waals surface area contributed by atoms with Crippen molar-refractivity contribution in [2.75, 3.05) is 19.8 Å². The highest BCUT2D eigenvalue weighted by Crippen LogP contribution is 2.15. The molecule has 1 heterocycles. The monoisotopic (exact) mass is 249 g/mol. The van der Waals surface area contributed by atoms with E-state index in [0.29, 0.717) is 6.61 Å². The summed E-state index contributed by atoms with van der Waals surface area (Å²) in [6.07, 6.45) is 5.63. The van der Waals surface area contributed by atoms with E-state index < -0.39 is 0 Å². The van der Waals surface area contributed by atoms with Gasteiger partial charge in [0.1, 0.15) is 0 Å². The molecule has 0 aliphatic carbocycles. The zero-order valence-electron chi connectivity index (χ0n) is 9.29. The Labute approximate surface area is 96.3 Å². The zero-order chi connectivity index (χ0) is 10.9. The topological polar surface area (TPSA) is 30.5 Å². The minimum absolute atomic E-state index is 0.0265. The Morgan fingerprint density at radius 3 is 3.20 bits per heavy atom. The molecular formula is C10H21NO2P2. The van der Waals surface area contributed by atoms with Crippen LogP contribution in [-0.2, 0) is 9.47 Å². The number of hydrogen-bond donors (Lipinski definition) is 1. The second kappa shape index (κ2) is 8.61. The van der Waals surface area contributed by atoms with Crippen LogP contribution >= 0.6 is 17.3 Å². The van der Waals surface area contributed by atoms with Crippen LogP contribution in [0.4, 0.5) is 0 Å². The van der Waals surface area contributed by atoms with E-state index in [1.165, 1.54) is 18.4 Å². The highest BCUT2D eigenvalue weighted by atomic mass is 32.0. The average Bonchev–Trinajstić information content (AvgIpc) is 2.28. The van der Waals surface area contributed by atoms with Crippen molar-refractivity contribution in [2.45, 2.75) is 32.5 Å². The van der Waals surface area contributed by atoms with Crippen molar-refractivity contribution >= 4 is 17.3 Å². The second-order valence-corrected chi connectivity index (χ2v) is 5.19. The van der Waals surface area contributed by atoms with E-state index in [2.05, 4.69) is 27.0 Å². The fraction of sp³-hybridized carbons (Fsp3) is 0.800. The largest absolute Gasteiger partial charge is 0.353 e. The van der Waals surface area contributed by atoms with Crippen LogP contribution in [0.15, 0.2) is 11.6 Å². The first kappa shape index (κ1) is 13.5. The SMILES string of the molecule is CC(=CCNPP)COC1CCCCO1. The van der Waals surface area contributed by atoms with Gasteiger partial charge in [0.05, 0.1) is 6.61 Å². The molecule has 88 valence electrons. The molecular weight excluding hydrogens is 228 g/mol. The van der Waals surface area contributed by atoms with Crippen LogP contribution in [-0.4, -0.2) is 26.0 Å². The van der Waals surface area contributed by atoms with Crippen LogP contribution in [0.3, 0.4) is 0 Å². The van der Waals surface area contributed by atoms with Gasteiger partial charge < -0.3 is 9.47 Å². The Bertz CT molecular complexity index is 194. The van der Waals surface area contributed by atoms with Crippen LogP contribution < -0.4 is 5.09 Å². The highest BCUT2D eigenvalue weighted by Gasteiger charge is 2.13. The second-order valence-electron chi connectivity index (χ2n) is 3.68. The Morgan fingerprint density at radius 2 is 2.53 bits per heavy atom. The Morgan fingerprint density at radius 1 is 1.67 bits per heavy atom. The maximum atomic E-state index is 5.65. The van der Waals surface area contributed by atoms with Crippen LogP contribution in [0, 0.1) is 0 Å². The van der Waals surface area contributed by atoms with Gasteiger partial charge in [-0.1, -0.05) is 20.6 Å². The Balaban J connectivity index is 2.09. The van der Waals surface area contributed by atoms with Crippen molar-refractivity contribution in [3.8, 4) is 0 Å². The van der Waals surface area contributed by atoms with Gasteiger partial charge in [-0.2, -0.15) is 0 Å². The van der Waals surface area contributed by atoms with Gasteiger partial charge in [-0.3, -0.25) is 5.09 Å². The Hall–Kier alpha value is 0.480. The summed E-state index contributed by atoms with van der Waals surface area (Å²) in [6, 6.07) is 0. The third-order valence-corrected chi connectivity index (χ3v) is 3.31. The van der Waals surface area contributed by atoms with Crippen molar-refractivity contribution in [2.24, 2.45) is 0 Å². The third-order valence-electron chi connectivity index (χ3n) is 2.29. The van der Waals surface area contributed by atoms with E-state index in [1.54, 1.807) is 0 Å². The third kappa shape index (κ3) is 6.60. The van der Waals surface area contributed by atoms with Crippen LogP contribution in [0.2, 0.25) is 0 Å². The maximum Gasteiger partial charge on any atom is 0.158 e. The number of ether oxygens (including phenoxy) is 2. The molecule has 5 heteroatoms. The Kier molecular flexibility index (Phi) is 7.78. The first-order valence-electron chi connectivity index (χ1n) is 5.40. The summed E-state index contributed by atoms with van der Waals surface area (Å²) in [4.78, 5) is 0. The molecule has 1 saturated heterocycles. The van der Waals surface area contributed by atoms with Gasteiger partial charge >= 0.3 is 0 Å². The predicted molar refractivity (Wildman–Crippen MR) is 69.3 cm³/mol. The summed E-state index contributed by atoms with van der Waals surface area (Å²) < 4.78 is 11.1. The van der Waals surface area contributed by atoms with E-state index in [1.807, 2.05) is 0 Å². The molecule has 1 N–H and O–H groups in total. The van der Waals surface area contributed by atoms with Gasteiger partial charge in [-0.05, 0) is 34.6 Å². The number of rotatable bonds is 6. The van der Waals surface area contributed by atoms with Gasteiger partial charge in [0.25, 0.3) is 0 Å². The van der Waals surface area contributed by atoms with Crippen LogP contribution in [0.25, 0.3) is 0 Å². The molecule has 0 radical (unpaired) electrons. The first-order chi connectivity index (χ1) is 7.33. The van der Waals surface area contributed by atoms with Crippen molar-refractivity contribution in [3.63, 3.8) is 0 Å². The molecule has 15 heavy (non-hydrogen) atoms. The van der Waals surface area contributed by atoms with Gasteiger partial charge in [0, 0.05) is 13.2 Å². The lowest BCUT2D eigenvalue weighted by Crippen LogP contribution is -2.23. The van der Waals surface area contributed by atoms with E-state index >= 15 is 0 Å². The molecule has 1 aliphatic rings. The molecule has 0 aromatic heterocycles. The maximum absolute atomic E-state index is 5.65.